The van der Waals surface area contributed by atoms with Crippen LogP contribution in [0.5, 0.6) is 0 Å². The van der Waals surface area contributed by atoms with Crippen LogP contribution in [-0.2, 0) is 13.5 Å². The number of hydrogen-bond donors (Lipinski definition) is 1. The predicted molar refractivity (Wildman–Crippen MR) is 84.0 cm³/mol. The van der Waals surface area contributed by atoms with Crippen LogP contribution in [0.2, 0.25) is 0 Å². The minimum atomic E-state index is 0.349. The molecule has 1 aromatic carbocycles. The number of aromatic nitrogens is 2. The third-order valence-corrected chi connectivity index (χ3v) is 3.96. The van der Waals surface area contributed by atoms with Gasteiger partial charge in [-0.25, -0.2) is 0 Å². The minimum absolute atomic E-state index is 0.349. The summed E-state index contributed by atoms with van der Waals surface area (Å²) in [6.45, 7) is 9.52. The highest BCUT2D eigenvalue weighted by Gasteiger charge is 2.17. The summed E-state index contributed by atoms with van der Waals surface area (Å²) in [7, 11) is 2.01. The Balaban J connectivity index is 2.30. The number of rotatable bonds is 5. The van der Waals surface area contributed by atoms with Gasteiger partial charge in [0.25, 0.3) is 0 Å². The van der Waals surface area contributed by atoms with Crippen LogP contribution in [0.1, 0.15) is 41.0 Å². The van der Waals surface area contributed by atoms with Crippen molar-refractivity contribution >= 4 is 0 Å². The molecule has 2 aromatic rings. The van der Waals surface area contributed by atoms with Gasteiger partial charge >= 0.3 is 0 Å². The van der Waals surface area contributed by atoms with Gasteiger partial charge < -0.3 is 5.32 Å². The smallest absolute Gasteiger partial charge is 0.0629 e. The van der Waals surface area contributed by atoms with Gasteiger partial charge in [-0.05, 0) is 44.9 Å². The number of aryl methyl sites for hydroxylation is 3. The van der Waals surface area contributed by atoms with E-state index >= 15 is 0 Å². The predicted octanol–water partition coefficient (Wildman–Crippen LogP) is 3.24. The molecule has 0 fully saturated rings. The molecule has 1 atom stereocenters. The second-order valence-electron chi connectivity index (χ2n) is 5.50. The number of nitrogens with one attached hydrogen (secondary N) is 1. The van der Waals surface area contributed by atoms with Crippen LogP contribution in [0, 0.1) is 20.8 Å². The van der Waals surface area contributed by atoms with Crippen LogP contribution in [-0.4, -0.2) is 16.3 Å². The molecule has 108 valence electrons. The van der Waals surface area contributed by atoms with Gasteiger partial charge in [0.15, 0.2) is 0 Å². The summed E-state index contributed by atoms with van der Waals surface area (Å²) in [4.78, 5) is 0. The van der Waals surface area contributed by atoms with Gasteiger partial charge in [-0.2, -0.15) is 5.10 Å². The van der Waals surface area contributed by atoms with Gasteiger partial charge in [-0.15, -0.1) is 0 Å². The summed E-state index contributed by atoms with van der Waals surface area (Å²) in [5, 5.41) is 8.13. The van der Waals surface area contributed by atoms with Crippen molar-refractivity contribution in [1.29, 1.82) is 0 Å². The third kappa shape index (κ3) is 3.10. The number of benzene rings is 1. The maximum atomic E-state index is 4.52. The molecular formula is C17H25N3. The molecule has 0 bridgehead atoms. The first kappa shape index (κ1) is 14.8. The van der Waals surface area contributed by atoms with Crippen molar-refractivity contribution in [1.82, 2.24) is 15.1 Å². The lowest BCUT2D eigenvalue weighted by atomic mass is 9.96. The van der Waals surface area contributed by atoms with Crippen molar-refractivity contribution in [2.75, 3.05) is 6.54 Å². The van der Waals surface area contributed by atoms with E-state index in [0.717, 1.165) is 18.7 Å². The lowest BCUT2D eigenvalue weighted by Gasteiger charge is -2.19. The van der Waals surface area contributed by atoms with E-state index in [1.54, 1.807) is 0 Å². The van der Waals surface area contributed by atoms with E-state index in [4.69, 9.17) is 0 Å². The fourth-order valence-electron chi connectivity index (χ4n) is 2.76. The molecule has 1 aromatic heterocycles. The first-order valence-electron chi connectivity index (χ1n) is 7.32. The van der Waals surface area contributed by atoms with E-state index in [0.29, 0.717) is 6.04 Å². The van der Waals surface area contributed by atoms with Gasteiger partial charge in [0, 0.05) is 18.8 Å². The average molecular weight is 271 g/mol. The van der Waals surface area contributed by atoms with Crippen molar-refractivity contribution in [3.05, 3.63) is 52.3 Å². The Hall–Kier alpha value is -1.61. The van der Waals surface area contributed by atoms with Crippen molar-refractivity contribution in [3.8, 4) is 0 Å². The molecule has 1 N–H and O–H groups in total. The lowest BCUT2D eigenvalue weighted by Crippen LogP contribution is -2.23. The number of hydrogen-bond acceptors (Lipinski definition) is 2. The van der Waals surface area contributed by atoms with Crippen LogP contribution in [0.25, 0.3) is 0 Å². The second kappa shape index (κ2) is 6.23. The van der Waals surface area contributed by atoms with Crippen molar-refractivity contribution in [2.45, 2.75) is 40.2 Å². The first-order valence-corrected chi connectivity index (χ1v) is 7.32. The van der Waals surface area contributed by atoms with Crippen molar-refractivity contribution in [2.24, 2.45) is 7.05 Å². The molecule has 0 aliphatic carbocycles. The monoisotopic (exact) mass is 271 g/mol. The quantitative estimate of drug-likeness (QED) is 0.904. The summed E-state index contributed by atoms with van der Waals surface area (Å²) < 4.78 is 1.98. The highest BCUT2D eigenvalue weighted by Crippen LogP contribution is 2.23. The third-order valence-electron chi connectivity index (χ3n) is 3.96. The molecule has 1 unspecified atom stereocenters. The van der Waals surface area contributed by atoms with Crippen LogP contribution in [0.3, 0.4) is 0 Å². The molecule has 0 aliphatic heterocycles. The minimum Gasteiger partial charge on any atom is -0.310 e. The Morgan fingerprint density at radius 3 is 2.55 bits per heavy atom. The summed E-state index contributed by atoms with van der Waals surface area (Å²) >= 11 is 0. The topological polar surface area (TPSA) is 29.9 Å². The molecular weight excluding hydrogens is 246 g/mol. The SMILES string of the molecule is CCNC(Cc1c(C)nn(C)c1C)c1cccc(C)c1. The van der Waals surface area contributed by atoms with E-state index in [1.807, 2.05) is 11.7 Å². The van der Waals surface area contributed by atoms with Crippen LogP contribution in [0.15, 0.2) is 24.3 Å². The zero-order chi connectivity index (χ0) is 14.7. The van der Waals surface area contributed by atoms with E-state index in [9.17, 15) is 0 Å². The highest BCUT2D eigenvalue weighted by atomic mass is 15.3. The Morgan fingerprint density at radius 1 is 1.25 bits per heavy atom. The standard InChI is InChI=1S/C17H25N3/c1-6-18-17(15-9-7-8-12(2)10-15)11-16-13(3)19-20(5)14(16)4/h7-10,17-18H,6,11H2,1-5H3. The first-order chi connectivity index (χ1) is 9.52. The summed E-state index contributed by atoms with van der Waals surface area (Å²) in [5.41, 5.74) is 6.43. The zero-order valence-electron chi connectivity index (χ0n) is 13.2. The summed E-state index contributed by atoms with van der Waals surface area (Å²) in [6, 6.07) is 9.11. The van der Waals surface area contributed by atoms with Crippen molar-refractivity contribution in [3.63, 3.8) is 0 Å². The van der Waals surface area contributed by atoms with E-state index in [-0.39, 0.29) is 0 Å². The van der Waals surface area contributed by atoms with Crippen LogP contribution in [0.4, 0.5) is 0 Å². The fourth-order valence-corrected chi connectivity index (χ4v) is 2.76. The second-order valence-corrected chi connectivity index (χ2v) is 5.50. The Kier molecular flexibility index (Phi) is 4.61. The summed E-state index contributed by atoms with van der Waals surface area (Å²) in [6.07, 6.45) is 0.989. The fraction of sp³-hybridized carbons (Fsp3) is 0.471. The molecule has 0 saturated carbocycles. The maximum Gasteiger partial charge on any atom is 0.0629 e. The van der Waals surface area contributed by atoms with Gasteiger partial charge in [-0.3, -0.25) is 4.68 Å². The molecule has 3 nitrogen and oxygen atoms in total. The molecule has 0 saturated heterocycles. The van der Waals surface area contributed by atoms with E-state index < -0.39 is 0 Å². The van der Waals surface area contributed by atoms with Gasteiger partial charge in [-0.1, -0.05) is 36.8 Å². The van der Waals surface area contributed by atoms with Crippen LogP contribution < -0.4 is 5.32 Å². The van der Waals surface area contributed by atoms with Gasteiger partial charge in [0.2, 0.25) is 0 Å². The molecule has 0 radical (unpaired) electrons. The Labute approximate surface area is 122 Å². The summed E-state index contributed by atoms with van der Waals surface area (Å²) in [5.74, 6) is 0. The Bertz CT molecular complexity index is 584. The van der Waals surface area contributed by atoms with E-state index in [2.05, 4.69) is 62.4 Å². The number of likely N-dealkylation sites (N-methyl/N-ethyl adjacent to an activating group) is 1. The lowest BCUT2D eigenvalue weighted by molar-refractivity contribution is 0.547. The van der Waals surface area contributed by atoms with Crippen molar-refractivity contribution < 1.29 is 0 Å². The zero-order valence-corrected chi connectivity index (χ0v) is 13.2. The van der Waals surface area contributed by atoms with Crippen LogP contribution >= 0.6 is 0 Å². The number of nitrogens with zero attached hydrogens (tertiary/aromatic N) is 2. The maximum absolute atomic E-state index is 4.52. The molecule has 0 amide bonds. The van der Waals surface area contributed by atoms with Gasteiger partial charge in [0.1, 0.15) is 0 Å². The Morgan fingerprint density at radius 2 is 2.00 bits per heavy atom. The molecule has 20 heavy (non-hydrogen) atoms. The van der Waals surface area contributed by atoms with Gasteiger partial charge in [0.05, 0.1) is 5.69 Å². The van der Waals surface area contributed by atoms with E-state index in [1.165, 1.54) is 22.4 Å². The molecule has 2 rings (SSSR count). The largest absolute Gasteiger partial charge is 0.310 e. The highest BCUT2D eigenvalue weighted by molar-refractivity contribution is 5.30. The molecule has 3 heteroatoms. The molecule has 1 heterocycles. The molecule has 0 aliphatic rings. The normalized spacial score (nSPS) is 12.7. The average Bonchev–Trinajstić information content (AvgIpc) is 2.64. The molecule has 0 spiro atoms.